The number of anilines is 1. The molecule has 0 radical (unpaired) electrons. The van der Waals surface area contributed by atoms with Gasteiger partial charge in [-0.2, -0.15) is 0 Å². The number of amides is 1. The second-order valence-corrected chi connectivity index (χ2v) is 9.64. The molecule has 0 atom stereocenters. The first-order valence-electron chi connectivity index (χ1n) is 10.4. The Hall–Kier alpha value is -2.20. The SMILES string of the molecule is CCN(CC)CCN(C(=O)CCSc1ccc(Cl)cc1)c1nc2ccc([N+](=O)[O-])cc2s1. The summed E-state index contributed by atoms with van der Waals surface area (Å²) in [4.78, 5) is 33.5. The first-order valence-corrected chi connectivity index (χ1v) is 12.5. The molecule has 7 nitrogen and oxygen atoms in total. The summed E-state index contributed by atoms with van der Waals surface area (Å²) >= 11 is 8.85. The monoisotopic (exact) mass is 492 g/mol. The van der Waals surface area contributed by atoms with Crippen LogP contribution < -0.4 is 4.90 Å². The predicted octanol–water partition coefficient (Wildman–Crippen LogP) is 5.72. The van der Waals surface area contributed by atoms with E-state index >= 15 is 0 Å². The van der Waals surface area contributed by atoms with Gasteiger partial charge in [-0.25, -0.2) is 4.98 Å². The normalized spacial score (nSPS) is 11.2. The quantitative estimate of drug-likeness (QED) is 0.193. The van der Waals surface area contributed by atoms with E-state index in [4.69, 9.17) is 11.6 Å². The van der Waals surface area contributed by atoms with Gasteiger partial charge < -0.3 is 4.90 Å². The largest absolute Gasteiger partial charge is 0.302 e. The van der Waals surface area contributed by atoms with Crippen molar-refractivity contribution in [1.82, 2.24) is 9.88 Å². The van der Waals surface area contributed by atoms with Gasteiger partial charge in [0.2, 0.25) is 5.91 Å². The number of halogens is 1. The molecule has 170 valence electrons. The first kappa shape index (κ1) is 24.4. The first-order chi connectivity index (χ1) is 15.4. The number of likely N-dealkylation sites (N-methyl/N-ethyl adjacent to an activating group) is 1. The summed E-state index contributed by atoms with van der Waals surface area (Å²) in [6.07, 6.45) is 0.363. The van der Waals surface area contributed by atoms with Gasteiger partial charge in [0.25, 0.3) is 5.69 Å². The van der Waals surface area contributed by atoms with E-state index in [0.29, 0.717) is 39.1 Å². The van der Waals surface area contributed by atoms with Gasteiger partial charge >= 0.3 is 0 Å². The lowest BCUT2D eigenvalue weighted by Gasteiger charge is -2.24. The second-order valence-electron chi connectivity index (χ2n) is 7.03. The Balaban J connectivity index is 1.76. The lowest BCUT2D eigenvalue weighted by molar-refractivity contribution is -0.384. The van der Waals surface area contributed by atoms with E-state index in [1.807, 2.05) is 24.3 Å². The highest BCUT2D eigenvalue weighted by Gasteiger charge is 2.21. The van der Waals surface area contributed by atoms with Crippen LogP contribution in [-0.2, 0) is 4.79 Å². The molecule has 0 unspecified atom stereocenters. The molecule has 0 fully saturated rings. The number of fused-ring (bicyclic) bond motifs is 1. The highest BCUT2D eigenvalue weighted by Crippen LogP contribution is 2.32. The maximum absolute atomic E-state index is 13.2. The maximum atomic E-state index is 13.2. The minimum atomic E-state index is -0.421. The molecule has 0 saturated heterocycles. The maximum Gasteiger partial charge on any atom is 0.270 e. The van der Waals surface area contributed by atoms with Crippen LogP contribution in [0.2, 0.25) is 5.02 Å². The molecule has 0 bridgehead atoms. The van der Waals surface area contributed by atoms with Gasteiger partial charge in [-0.05, 0) is 43.4 Å². The van der Waals surface area contributed by atoms with Crippen molar-refractivity contribution in [1.29, 1.82) is 0 Å². The van der Waals surface area contributed by atoms with Gasteiger partial charge in [0.05, 0.1) is 15.1 Å². The number of non-ortho nitro benzene ring substituents is 1. The molecule has 0 spiro atoms. The molecule has 0 aliphatic rings. The molecule has 3 rings (SSSR count). The van der Waals surface area contributed by atoms with Crippen LogP contribution in [0.15, 0.2) is 47.4 Å². The number of hydrogen-bond acceptors (Lipinski definition) is 7. The molecule has 0 aliphatic carbocycles. The summed E-state index contributed by atoms with van der Waals surface area (Å²) < 4.78 is 0.699. The van der Waals surface area contributed by atoms with Crippen LogP contribution in [-0.4, -0.2) is 52.6 Å². The highest BCUT2D eigenvalue weighted by molar-refractivity contribution is 7.99. The topological polar surface area (TPSA) is 79.6 Å². The average molecular weight is 493 g/mol. The van der Waals surface area contributed by atoms with E-state index in [0.717, 1.165) is 24.5 Å². The van der Waals surface area contributed by atoms with Crippen LogP contribution in [0.3, 0.4) is 0 Å². The summed E-state index contributed by atoms with van der Waals surface area (Å²) in [5, 5.41) is 12.4. The number of carbonyl (C=O) groups is 1. The van der Waals surface area contributed by atoms with Crippen LogP contribution >= 0.6 is 34.7 Å². The van der Waals surface area contributed by atoms with Crippen molar-refractivity contribution in [2.24, 2.45) is 0 Å². The number of thiazole rings is 1. The fourth-order valence-corrected chi connectivity index (χ4v) is 5.17. The van der Waals surface area contributed by atoms with Crippen LogP contribution in [0.5, 0.6) is 0 Å². The van der Waals surface area contributed by atoms with Crippen LogP contribution in [0, 0.1) is 10.1 Å². The number of nitro groups is 1. The van der Waals surface area contributed by atoms with Gasteiger partial charge in [0, 0.05) is 47.3 Å². The van der Waals surface area contributed by atoms with E-state index < -0.39 is 4.92 Å². The van der Waals surface area contributed by atoms with Gasteiger partial charge in [-0.1, -0.05) is 36.8 Å². The molecule has 2 aromatic carbocycles. The van der Waals surface area contributed by atoms with Crippen LogP contribution in [0.4, 0.5) is 10.8 Å². The van der Waals surface area contributed by atoms with Gasteiger partial charge in [0.15, 0.2) is 5.13 Å². The third-order valence-corrected chi connectivity index (χ3v) is 7.34. The summed E-state index contributed by atoms with van der Waals surface area (Å²) in [5.41, 5.74) is 0.680. The van der Waals surface area contributed by atoms with Crippen molar-refractivity contribution in [3.8, 4) is 0 Å². The lowest BCUT2D eigenvalue weighted by Crippen LogP contribution is -2.39. The fraction of sp³-hybridized carbons (Fsp3) is 0.364. The number of aromatic nitrogens is 1. The van der Waals surface area contributed by atoms with Crippen molar-refractivity contribution >= 4 is 61.6 Å². The van der Waals surface area contributed by atoms with E-state index in [9.17, 15) is 14.9 Å². The third kappa shape index (κ3) is 6.41. The number of nitro benzene ring substituents is 1. The molecule has 1 aromatic heterocycles. The zero-order valence-corrected chi connectivity index (χ0v) is 20.4. The Kier molecular flexibility index (Phi) is 8.86. The minimum absolute atomic E-state index is 0.00724. The van der Waals surface area contributed by atoms with Gasteiger partial charge in [0.1, 0.15) is 0 Å². The van der Waals surface area contributed by atoms with E-state index in [-0.39, 0.29) is 11.6 Å². The Bertz CT molecular complexity index is 1070. The Morgan fingerprint density at radius 1 is 1.16 bits per heavy atom. The van der Waals surface area contributed by atoms with Crippen LogP contribution in [0.1, 0.15) is 20.3 Å². The minimum Gasteiger partial charge on any atom is -0.302 e. The molecular formula is C22H25ClN4O3S2. The van der Waals surface area contributed by atoms with Gasteiger partial charge in [-0.15, -0.1) is 11.8 Å². The summed E-state index contributed by atoms with van der Waals surface area (Å²) in [6.45, 7) is 7.24. The number of rotatable bonds is 11. The zero-order valence-electron chi connectivity index (χ0n) is 18.0. The predicted molar refractivity (Wildman–Crippen MR) is 133 cm³/mol. The number of hydrogen-bond donors (Lipinski definition) is 0. The summed E-state index contributed by atoms with van der Waals surface area (Å²) in [7, 11) is 0. The number of nitrogens with zero attached hydrogens (tertiary/aromatic N) is 4. The molecule has 3 aromatic rings. The standard InChI is InChI=1S/C22H25ClN4O3S2/c1-3-25(4-2)12-13-26(21(28)11-14-31-18-8-5-16(23)6-9-18)22-24-19-10-7-17(27(29)30)15-20(19)32-22/h5-10,15H,3-4,11-14H2,1-2H3. The molecule has 1 heterocycles. The number of thioether (sulfide) groups is 1. The molecule has 0 saturated carbocycles. The van der Waals surface area contributed by atoms with E-state index in [1.54, 1.807) is 22.7 Å². The lowest BCUT2D eigenvalue weighted by atomic mass is 10.3. The van der Waals surface area contributed by atoms with Crippen molar-refractivity contribution in [3.05, 3.63) is 57.6 Å². The Morgan fingerprint density at radius 3 is 2.53 bits per heavy atom. The fourth-order valence-electron chi connectivity index (χ4n) is 3.16. The second kappa shape index (κ2) is 11.6. The third-order valence-electron chi connectivity index (χ3n) is 5.04. The Morgan fingerprint density at radius 2 is 1.88 bits per heavy atom. The van der Waals surface area contributed by atoms with Gasteiger partial charge in [-0.3, -0.25) is 19.8 Å². The molecule has 10 heteroatoms. The van der Waals surface area contributed by atoms with Crippen molar-refractivity contribution < 1.29 is 9.72 Å². The van der Waals surface area contributed by atoms with Crippen molar-refractivity contribution in [2.75, 3.05) is 36.8 Å². The zero-order chi connectivity index (χ0) is 23.1. The summed E-state index contributed by atoms with van der Waals surface area (Å²) in [5.74, 6) is 0.630. The molecule has 32 heavy (non-hydrogen) atoms. The highest BCUT2D eigenvalue weighted by atomic mass is 35.5. The van der Waals surface area contributed by atoms with Crippen molar-refractivity contribution in [3.63, 3.8) is 0 Å². The van der Waals surface area contributed by atoms with Crippen molar-refractivity contribution in [2.45, 2.75) is 25.2 Å². The molecule has 0 aliphatic heterocycles. The number of carbonyl (C=O) groups excluding carboxylic acids is 1. The smallest absolute Gasteiger partial charge is 0.270 e. The molecule has 0 N–H and O–H groups in total. The summed E-state index contributed by atoms with van der Waals surface area (Å²) in [6, 6.07) is 12.1. The van der Waals surface area contributed by atoms with E-state index in [2.05, 4.69) is 23.7 Å². The average Bonchev–Trinajstić information content (AvgIpc) is 3.21. The molecule has 1 amide bonds. The number of benzene rings is 2. The van der Waals surface area contributed by atoms with Crippen LogP contribution in [0.25, 0.3) is 10.2 Å². The Labute approximate surface area is 200 Å². The van der Waals surface area contributed by atoms with E-state index in [1.165, 1.54) is 23.5 Å². The molecular weight excluding hydrogens is 468 g/mol.